The fourth-order valence-electron chi connectivity index (χ4n) is 17.6. The van der Waals surface area contributed by atoms with Crippen molar-refractivity contribution in [1.29, 1.82) is 0 Å². The van der Waals surface area contributed by atoms with Gasteiger partial charge in [-0.25, -0.2) is 0 Å². The molecule has 7 aliphatic heterocycles. The van der Waals surface area contributed by atoms with Crippen molar-refractivity contribution in [3.63, 3.8) is 0 Å². The number of aliphatic hydroxyl groups is 15. The average Bonchev–Trinajstić information content (AvgIpc) is 1.74. The van der Waals surface area contributed by atoms with Gasteiger partial charge in [0, 0.05) is 18.6 Å². The predicted molar refractivity (Wildman–Crippen MR) is 280 cm³/mol. The van der Waals surface area contributed by atoms with Gasteiger partial charge in [0.25, 0.3) is 0 Å². The van der Waals surface area contributed by atoms with Crippen molar-refractivity contribution >= 4 is 0 Å². The Morgan fingerprint density at radius 3 is 1.82 bits per heavy atom. The van der Waals surface area contributed by atoms with Gasteiger partial charge in [-0.05, 0) is 111 Å². The third kappa shape index (κ3) is 11.2. The molecule has 15 N–H and O–H groups in total. The molecule has 0 spiro atoms. The maximum atomic E-state index is 12.0. The maximum absolute atomic E-state index is 12.0. The normalized spacial score (nSPS) is 56.5. The van der Waals surface area contributed by atoms with E-state index in [1.807, 2.05) is 0 Å². The molecule has 3 saturated carbocycles. The van der Waals surface area contributed by atoms with Crippen molar-refractivity contribution in [3.05, 3.63) is 11.6 Å². The van der Waals surface area contributed by atoms with Crippen LogP contribution < -0.4 is 0 Å². The van der Waals surface area contributed by atoms with E-state index < -0.39 is 180 Å². The van der Waals surface area contributed by atoms with Gasteiger partial charge in [-0.15, -0.1) is 0 Å². The van der Waals surface area contributed by atoms with Crippen LogP contribution in [0.1, 0.15) is 92.4 Å². The van der Waals surface area contributed by atoms with Crippen molar-refractivity contribution < 1.29 is 124 Å². The van der Waals surface area contributed by atoms with Gasteiger partial charge in [-0.3, -0.25) is 4.90 Å². The summed E-state index contributed by atoms with van der Waals surface area (Å²) >= 11 is 0. The molecule has 11 aliphatic rings. The first-order valence-electron chi connectivity index (χ1n) is 30.4. The molecule has 0 aromatic carbocycles. The molecule has 0 bridgehead atoms. The lowest BCUT2D eigenvalue weighted by Crippen LogP contribution is -2.68. The van der Waals surface area contributed by atoms with Gasteiger partial charge in [0.2, 0.25) is 0 Å². The molecule has 26 nitrogen and oxygen atoms in total. The molecule has 7 heterocycles. The molecule has 4 aliphatic carbocycles. The van der Waals surface area contributed by atoms with E-state index in [4.69, 9.17) is 47.4 Å². The van der Waals surface area contributed by atoms with Crippen LogP contribution in [0, 0.1) is 46.3 Å². The maximum Gasteiger partial charge on any atom is 0.187 e. The second-order valence-electron chi connectivity index (χ2n) is 26.9. The number of piperidine rings is 1. The van der Waals surface area contributed by atoms with E-state index in [2.05, 4.69) is 38.7 Å². The molecule has 36 atom stereocenters. The molecule has 476 valence electrons. The standard InChI is InChI=1S/C57H93NO25/c1-21-6-9-29-22(2)35-30(58(29)16-21)15-28-26-8-7-24-14-25(10-12-56(24,4)27(26)11-13-57(28,35)5)76-53-46(72)43(69)48(33(19-61)79-53)81-54-47(73)49(39(65)32(18-60)78-54)82-55-50(83-52-45(71)40(66)36(62)23(3)75-52)42(68)38(64)34(80-55)20-74-51-44(70)41(67)37(63)31(17-59)77-51/h7,21-23,25-55,59-73H,6,8-20H2,1-5H3. The Bertz CT molecular complexity index is 2220. The molecule has 26 heteroatoms. The fraction of sp³-hybridized carbons (Fsp3) is 0.965. The molecule has 10 fully saturated rings. The lowest BCUT2D eigenvalue weighted by molar-refractivity contribution is -0.398. The Morgan fingerprint density at radius 1 is 0.518 bits per heavy atom. The summed E-state index contributed by atoms with van der Waals surface area (Å²) in [5.74, 6) is 4.01. The molecular formula is C57H93NO25. The van der Waals surface area contributed by atoms with E-state index in [1.54, 1.807) is 0 Å². The zero-order valence-electron chi connectivity index (χ0n) is 47.8. The van der Waals surface area contributed by atoms with E-state index in [-0.39, 0.29) is 11.5 Å². The van der Waals surface area contributed by atoms with Crippen molar-refractivity contribution in [2.45, 2.75) is 264 Å². The quantitative estimate of drug-likeness (QED) is 0.0734. The summed E-state index contributed by atoms with van der Waals surface area (Å²) in [5.41, 5.74) is 1.66. The topological polar surface area (TPSA) is 399 Å². The number of aliphatic hydroxyl groups excluding tert-OH is 15. The summed E-state index contributed by atoms with van der Waals surface area (Å²) < 4.78 is 59.1. The van der Waals surface area contributed by atoms with Gasteiger partial charge in [0.05, 0.1) is 38.6 Å². The lowest BCUT2D eigenvalue weighted by atomic mass is 9.47. The van der Waals surface area contributed by atoms with Crippen molar-refractivity contribution in [3.8, 4) is 0 Å². The number of rotatable bonds is 14. The summed E-state index contributed by atoms with van der Waals surface area (Å²) in [5, 5.41) is 164. The van der Waals surface area contributed by atoms with Crippen LogP contribution >= 0.6 is 0 Å². The van der Waals surface area contributed by atoms with Crippen LogP contribution in [0.4, 0.5) is 0 Å². The van der Waals surface area contributed by atoms with Crippen molar-refractivity contribution in [2.24, 2.45) is 46.3 Å². The Labute approximate surface area is 482 Å². The van der Waals surface area contributed by atoms with E-state index in [9.17, 15) is 76.6 Å². The molecule has 7 saturated heterocycles. The summed E-state index contributed by atoms with van der Waals surface area (Å²) in [7, 11) is 0. The second kappa shape index (κ2) is 24.8. The molecular weight excluding hydrogens is 1100 g/mol. The van der Waals surface area contributed by atoms with Gasteiger partial charge in [-0.1, -0.05) is 39.3 Å². The third-order valence-corrected chi connectivity index (χ3v) is 22.2. The zero-order chi connectivity index (χ0) is 59.5. The second-order valence-corrected chi connectivity index (χ2v) is 26.9. The third-order valence-electron chi connectivity index (χ3n) is 22.2. The molecule has 11 rings (SSSR count). The van der Waals surface area contributed by atoms with Gasteiger partial charge < -0.3 is 124 Å². The monoisotopic (exact) mass is 1190 g/mol. The van der Waals surface area contributed by atoms with Crippen LogP contribution in [0.15, 0.2) is 11.6 Å². The van der Waals surface area contributed by atoms with E-state index in [1.165, 1.54) is 51.1 Å². The highest BCUT2D eigenvalue weighted by Crippen LogP contribution is 2.70. The highest BCUT2D eigenvalue weighted by Gasteiger charge is 2.67. The molecule has 0 aromatic rings. The first kappa shape index (κ1) is 63.3. The lowest BCUT2D eigenvalue weighted by Gasteiger charge is -2.58. The minimum absolute atomic E-state index is 0.0132. The molecule has 83 heavy (non-hydrogen) atoms. The number of nitrogens with zero attached hydrogens (tertiary/aromatic N) is 1. The summed E-state index contributed by atoms with van der Waals surface area (Å²) in [6.45, 7) is 9.27. The SMILES string of the molecule is CC1CCC2C(C)C3C(CC4C5CC=C6CC(OC7OC(CO)C(OC8OC(CO)C(O)C(OC9OC(COC%10OC(CO)C(O)C(O)C%10O)C(O)C(O)C9OC9OC(C)C(O)C(O)C9O)C8O)C(O)C7O)CCC6(C)C5CCC43C)N2C1. The molecule has 0 radical (unpaired) electrons. The number of hydrogen-bond donors (Lipinski definition) is 15. The highest BCUT2D eigenvalue weighted by molar-refractivity contribution is 5.27. The van der Waals surface area contributed by atoms with E-state index in [0.717, 1.165) is 24.7 Å². The molecule has 0 amide bonds. The number of hydrogen-bond acceptors (Lipinski definition) is 26. The number of allylic oxidation sites excluding steroid dienone is 1. The van der Waals surface area contributed by atoms with Crippen LogP contribution in [0.3, 0.4) is 0 Å². The van der Waals surface area contributed by atoms with Gasteiger partial charge in [0.15, 0.2) is 31.5 Å². The Balaban J connectivity index is 0.756. The van der Waals surface area contributed by atoms with Crippen molar-refractivity contribution in [2.75, 3.05) is 33.0 Å². The largest absolute Gasteiger partial charge is 0.394 e. The van der Waals surface area contributed by atoms with Crippen LogP contribution in [-0.2, 0) is 47.4 Å². The Morgan fingerprint density at radius 2 is 1.10 bits per heavy atom. The predicted octanol–water partition coefficient (Wildman–Crippen LogP) is -4.20. The van der Waals surface area contributed by atoms with Gasteiger partial charge >= 0.3 is 0 Å². The Kier molecular flexibility index (Phi) is 18.9. The summed E-state index contributed by atoms with van der Waals surface area (Å²) in [6, 6.07) is 1.38. The van der Waals surface area contributed by atoms with Crippen LogP contribution in [0.5, 0.6) is 0 Å². The first-order chi connectivity index (χ1) is 39.4. The van der Waals surface area contributed by atoms with Crippen LogP contribution in [0.2, 0.25) is 0 Å². The van der Waals surface area contributed by atoms with Gasteiger partial charge in [0.1, 0.15) is 116 Å². The van der Waals surface area contributed by atoms with E-state index in [0.29, 0.717) is 54.0 Å². The fourth-order valence-corrected chi connectivity index (χ4v) is 17.6. The van der Waals surface area contributed by atoms with Crippen LogP contribution in [0.25, 0.3) is 0 Å². The molecule has 36 unspecified atom stereocenters. The minimum atomic E-state index is -2.11. The zero-order valence-corrected chi connectivity index (χ0v) is 47.8. The first-order valence-corrected chi connectivity index (χ1v) is 30.4. The summed E-state index contributed by atoms with van der Waals surface area (Å²) in [4.78, 5) is 2.92. The smallest absolute Gasteiger partial charge is 0.187 e. The van der Waals surface area contributed by atoms with Crippen LogP contribution in [-0.4, -0.2) is 286 Å². The molecule has 0 aromatic heterocycles. The number of fused-ring (bicyclic) bond motifs is 9. The van der Waals surface area contributed by atoms with E-state index >= 15 is 0 Å². The average molecular weight is 1190 g/mol. The minimum Gasteiger partial charge on any atom is -0.394 e. The Hall–Kier alpha value is -1.30. The van der Waals surface area contributed by atoms with Gasteiger partial charge in [-0.2, -0.15) is 0 Å². The highest BCUT2D eigenvalue weighted by atomic mass is 16.8. The van der Waals surface area contributed by atoms with Crippen molar-refractivity contribution in [1.82, 2.24) is 4.90 Å². The number of ether oxygens (including phenoxy) is 10. The summed E-state index contributed by atoms with van der Waals surface area (Å²) in [6.07, 6.45) is -32.8.